The van der Waals surface area contributed by atoms with Crippen molar-refractivity contribution in [3.05, 3.63) is 87.9 Å². The molecule has 1 aliphatic heterocycles. The van der Waals surface area contributed by atoms with Crippen molar-refractivity contribution >= 4 is 27.6 Å². The van der Waals surface area contributed by atoms with Crippen LogP contribution in [0.25, 0.3) is 0 Å². The van der Waals surface area contributed by atoms with Crippen molar-refractivity contribution in [2.45, 2.75) is 12.2 Å². The average Bonchev–Trinajstić information content (AvgIpc) is 2.83. The molecule has 1 aliphatic rings. The molecule has 4 rings (SSSR count). The Hall–Kier alpha value is -3.03. The number of benzene rings is 3. The van der Waals surface area contributed by atoms with Gasteiger partial charge in [-0.05, 0) is 47.0 Å². The fraction of sp³-hybridized carbons (Fsp3) is 0.240. The SMILES string of the molecule is COC(=O)CN1[C@H](c2ccccc2)c2cc(Br)ccc2N[C@H]1c1ccc(OC)c(OC)c1. The van der Waals surface area contributed by atoms with Crippen LogP contribution in [0.3, 0.4) is 0 Å². The van der Waals surface area contributed by atoms with Gasteiger partial charge in [0.1, 0.15) is 6.17 Å². The van der Waals surface area contributed by atoms with Crippen LogP contribution in [0.2, 0.25) is 0 Å². The Morgan fingerprint density at radius 2 is 1.69 bits per heavy atom. The lowest BCUT2D eigenvalue weighted by Gasteiger charge is -2.44. The Morgan fingerprint density at radius 1 is 0.938 bits per heavy atom. The summed E-state index contributed by atoms with van der Waals surface area (Å²) in [5.74, 6) is 0.967. The highest BCUT2D eigenvalue weighted by molar-refractivity contribution is 9.10. The highest BCUT2D eigenvalue weighted by Crippen LogP contribution is 2.45. The van der Waals surface area contributed by atoms with Crippen molar-refractivity contribution in [1.82, 2.24) is 4.90 Å². The van der Waals surface area contributed by atoms with E-state index in [1.165, 1.54) is 7.11 Å². The normalized spacial score (nSPS) is 17.8. The van der Waals surface area contributed by atoms with Crippen molar-refractivity contribution in [3.8, 4) is 11.5 Å². The van der Waals surface area contributed by atoms with Crippen LogP contribution in [0.5, 0.6) is 11.5 Å². The summed E-state index contributed by atoms with van der Waals surface area (Å²) in [5.41, 5.74) is 4.11. The van der Waals surface area contributed by atoms with Gasteiger partial charge in [0.05, 0.1) is 33.9 Å². The molecular weight excluding hydrogens is 472 g/mol. The summed E-state index contributed by atoms with van der Waals surface area (Å²) < 4.78 is 17.0. The number of ether oxygens (including phenoxy) is 3. The summed E-state index contributed by atoms with van der Waals surface area (Å²) in [6.07, 6.45) is -0.298. The predicted molar refractivity (Wildman–Crippen MR) is 127 cm³/mol. The zero-order valence-electron chi connectivity index (χ0n) is 18.2. The number of anilines is 1. The van der Waals surface area contributed by atoms with Gasteiger partial charge in [-0.3, -0.25) is 9.69 Å². The zero-order valence-corrected chi connectivity index (χ0v) is 19.8. The van der Waals surface area contributed by atoms with Gasteiger partial charge in [0.15, 0.2) is 11.5 Å². The monoisotopic (exact) mass is 496 g/mol. The molecule has 0 amide bonds. The van der Waals surface area contributed by atoms with Crippen molar-refractivity contribution < 1.29 is 19.0 Å². The molecule has 2 atom stereocenters. The van der Waals surface area contributed by atoms with E-state index in [1.807, 2.05) is 42.5 Å². The van der Waals surface area contributed by atoms with Crippen LogP contribution >= 0.6 is 15.9 Å². The molecule has 7 heteroatoms. The number of methoxy groups -OCH3 is 3. The molecule has 3 aromatic carbocycles. The highest BCUT2D eigenvalue weighted by atomic mass is 79.9. The molecule has 0 bridgehead atoms. The summed E-state index contributed by atoms with van der Waals surface area (Å²) in [5, 5.41) is 3.61. The number of fused-ring (bicyclic) bond motifs is 1. The van der Waals surface area contributed by atoms with Gasteiger partial charge in [-0.1, -0.05) is 52.3 Å². The minimum absolute atomic E-state index is 0.105. The molecule has 0 unspecified atom stereocenters. The van der Waals surface area contributed by atoms with Crippen LogP contribution in [0.15, 0.2) is 71.2 Å². The van der Waals surface area contributed by atoms with Crippen LogP contribution in [0, 0.1) is 0 Å². The minimum atomic E-state index is -0.309. The first-order valence-electron chi connectivity index (χ1n) is 10.2. The second kappa shape index (κ2) is 9.63. The standard InChI is InChI=1S/C25H25BrN2O4/c1-30-21-12-9-17(13-22(21)31-2)25-27-20-11-10-18(26)14-19(20)24(16-7-5-4-6-8-16)28(25)15-23(29)32-3/h4-14,24-25,27H,15H2,1-3H3/t24-,25-/m1/s1. The second-order valence-electron chi connectivity index (χ2n) is 7.45. The summed E-state index contributed by atoms with van der Waals surface area (Å²) in [6.45, 7) is 0.105. The first-order valence-corrected chi connectivity index (χ1v) is 11.0. The van der Waals surface area contributed by atoms with Gasteiger partial charge in [-0.2, -0.15) is 0 Å². The molecule has 0 aromatic heterocycles. The van der Waals surface area contributed by atoms with Crippen molar-refractivity contribution in [2.75, 3.05) is 33.2 Å². The lowest BCUT2D eigenvalue weighted by Crippen LogP contribution is -2.44. The molecule has 3 aromatic rings. The van der Waals surface area contributed by atoms with Gasteiger partial charge in [0, 0.05) is 10.2 Å². The first kappa shape index (κ1) is 22.2. The molecular formula is C25H25BrN2O4. The molecule has 1 N–H and O–H groups in total. The molecule has 0 saturated carbocycles. The lowest BCUT2D eigenvalue weighted by molar-refractivity contribution is -0.143. The van der Waals surface area contributed by atoms with Crippen molar-refractivity contribution in [3.63, 3.8) is 0 Å². The second-order valence-corrected chi connectivity index (χ2v) is 8.37. The minimum Gasteiger partial charge on any atom is -0.493 e. The Balaban J connectivity index is 1.89. The Morgan fingerprint density at radius 3 is 2.38 bits per heavy atom. The van der Waals surface area contributed by atoms with Crippen LogP contribution in [-0.4, -0.2) is 38.7 Å². The number of hydrogen-bond acceptors (Lipinski definition) is 6. The number of carbonyl (C=O) groups excluding carboxylic acids is 1. The maximum Gasteiger partial charge on any atom is 0.319 e. The van der Waals surface area contributed by atoms with Gasteiger partial charge in [-0.15, -0.1) is 0 Å². The topological polar surface area (TPSA) is 60.0 Å². The third-order valence-corrected chi connectivity index (χ3v) is 6.13. The Kier molecular flexibility index (Phi) is 6.67. The van der Waals surface area contributed by atoms with Crippen LogP contribution < -0.4 is 14.8 Å². The van der Waals surface area contributed by atoms with Crippen molar-refractivity contribution in [1.29, 1.82) is 0 Å². The third-order valence-electron chi connectivity index (χ3n) is 5.64. The predicted octanol–water partition coefficient (Wildman–Crippen LogP) is 5.16. The van der Waals surface area contributed by atoms with E-state index in [-0.39, 0.29) is 24.7 Å². The van der Waals surface area contributed by atoms with Crippen LogP contribution in [-0.2, 0) is 9.53 Å². The van der Waals surface area contributed by atoms with E-state index in [4.69, 9.17) is 14.2 Å². The maximum atomic E-state index is 12.5. The number of carbonyl (C=O) groups is 1. The smallest absolute Gasteiger partial charge is 0.319 e. The zero-order chi connectivity index (χ0) is 22.7. The van der Waals surface area contributed by atoms with Gasteiger partial charge in [0.25, 0.3) is 0 Å². The molecule has 0 fully saturated rings. The van der Waals surface area contributed by atoms with Gasteiger partial charge < -0.3 is 19.5 Å². The molecule has 6 nitrogen and oxygen atoms in total. The molecule has 32 heavy (non-hydrogen) atoms. The average molecular weight is 497 g/mol. The number of halogens is 1. The molecule has 0 aliphatic carbocycles. The van der Waals surface area contributed by atoms with E-state index in [0.29, 0.717) is 11.5 Å². The van der Waals surface area contributed by atoms with E-state index >= 15 is 0 Å². The van der Waals surface area contributed by atoms with E-state index in [1.54, 1.807) is 14.2 Å². The van der Waals surface area contributed by atoms with Crippen LogP contribution in [0.1, 0.15) is 28.9 Å². The van der Waals surface area contributed by atoms with Crippen molar-refractivity contribution in [2.24, 2.45) is 0 Å². The molecule has 0 saturated heterocycles. The number of esters is 1. The van der Waals surface area contributed by atoms with E-state index in [2.05, 4.69) is 50.4 Å². The summed E-state index contributed by atoms with van der Waals surface area (Å²) in [6, 6.07) is 22.0. The molecule has 1 heterocycles. The number of rotatable bonds is 6. The maximum absolute atomic E-state index is 12.5. The summed E-state index contributed by atoms with van der Waals surface area (Å²) in [7, 11) is 4.63. The van der Waals surface area contributed by atoms with E-state index in [9.17, 15) is 4.79 Å². The Bertz CT molecular complexity index is 1110. The van der Waals surface area contributed by atoms with E-state index < -0.39 is 0 Å². The highest BCUT2D eigenvalue weighted by Gasteiger charge is 2.37. The largest absolute Gasteiger partial charge is 0.493 e. The van der Waals surface area contributed by atoms with E-state index in [0.717, 1.165) is 26.9 Å². The van der Waals surface area contributed by atoms with Gasteiger partial charge in [-0.25, -0.2) is 0 Å². The molecule has 0 spiro atoms. The summed E-state index contributed by atoms with van der Waals surface area (Å²) in [4.78, 5) is 14.6. The van der Waals surface area contributed by atoms with Gasteiger partial charge >= 0.3 is 5.97 Å². The fourth-order valence-corrected chi connectivity index (χ4v) is 4.53. The fourth-order valence-electron chi connectivity index (χ4n) is 4.15. The van der Waals surface area contributed by atoms with Gasteiger partial charge in [0.2, 0.25) is 0 Å². The number of hydrogen-bond donors (Lipinski definition) is 1. The molecule has 0 radical (unpaired) electrons. The summed E-state index contributed by atoms with van der Waals surface area (Å²) >= 11 is 3.60. The quantitative estimate of drug-likeness (QED) is 0.476. The Labute approximate surface area is 196 Å². The lowest BCUT2D eigenvalue weighted by atomic mass is 9.91. The number of nitrogens with zero attached hydrogens (tertiary/aromatic N) is 1. The first-order chi connectivity index (χ1) is 15.5. The number of nitrogens with one attached hydrogen (secondary N) is 1. The van der Waals surface area contributed by atoms with Crippen LogP contribution in [0.4, 0.5) is 5.69 Å². The molecule has 166 valence electrons. The third kappa shape index (κ3) is 4.31.